The molecule has 0 saturated carbocycles. The van der Waals surface area contributed by atoms with Crippen molar-refractivity contribution in [3.05, 3.63) is 12.1 Å². The van der Waals surface area contributed by atoms with Crippen LogP contribution in [-0.2, 0) is 30.1 Å². The molecule has 0 spiro atoms. The quantitative estimate of drug-likeness (QED) is 0.135. The molecule has 0 bridgehead atoms. The van der Waals surface area contributed by atoms with Crippen molar-refractivity contribution in [3.8, 4) is 11.4 Å². The summed E-state index contributed by atoms with van der Waals surface area (Å²) >= 11 is 0. The number of H-pyrrole nitrogens is 1. The molecule has 1 aliphatic heterocycles. The minimum absolute atomic E-state index is 0.0518. The molecule has 1 aromatic heterocycles. The van der Waals surface area contributed by atoms with Crippen molar-refractivity contribution in [2.24, 2.45) is 21.7 Å². The third kappa shape index (κ3) is 5.61. The van der Waals surface area contributed by atoms with Gasteiger partial charge in [0.15, 0.2) is 4.87 Å². The number of anilines is 1. The lowest BCUT2D eigenvalue weighted by Gasteiger charge is -2.47. The highest BCUT2D eigenvalue weighted by Crippen LogP contribution is 2.45. The predicted octanol–water partition coefficient (Wildman–Crippen LogP) is -3.56. The molecule has 1 fully saturated rings. The summed E-state index contributed by atoms with van der Waals surface area (Å²) in [6.45, 7) is -0.917. The van der Waals surface area contributed by atoms with Crippen LogP contribution in [0.25, 0.3) is 11.4 Å². The van der Waals surface area contributed by atoms with Crippen LogP contribution in [0.2, 0.25) is 0 Å². The van der Waals surface area contributed by atoms with Crippen LogP contribution in [0.15, 0.2) is 21.9 Å². The standard InChI is InChI=1S/C17H30N10O7S3/c18-7-6-17(37(21,33)34)5-1-2-8-27(17)12-3-4-13(36(31,32)24-11(9-19)10-28)15(35(20,29)30)14(12)16-22-25-26-23-16/h3-4,11,24,28H,1-2,5-10,18-19H2,(H2,20,29,30)(H2,21,33,34)(H,22,23,25,26)/t11?,17-/m0/s1. The number of nitrogens with zero attached hydrogens (tertiary/aromatic N) is 4. The predicted molar refractivity (Wildman–Crippen MR) is 132 cm³/mol. The fraction of sp³-hybridized carbons (Fsp3) is 0.588. The maximum Gasteiger partial charge on any atom is 0.242 e. The molecule has 3 rings (SSSR count). The number of hydrogen-bond acceptors (Lipinski definition) is 13. The van der Waals surface area contributed by atoms with Crippen LogP contribution in [-0.4, -0.2) is 88.1 Å². The Morgan fingerprint density at radius 1 is 1.14 bits per heavy atom. The number of nitrogens with one attached hydrogen (secondary N) is 2. The molecule has 0 amide bonds. The number of aromatic nitrogens is 4. The van der Waals surface area contributed by atoms with E-state index in [1.807, 2.05) is 0 Å². The van der Waals surface area contributed by atoms with Gasteiger partial charge in [-0.2, -0.15) is 5.21 Å². The lowest BCUT2D eigenvalue weighted by atomic mass is 9.96. The number of rotatable bonds is 11. The third-order valence-corrected chi connectivity index (χ3v) is 10.5. The van der Waals surface area contributed by atoms with E-state index in [0.29, 0.717) is 12.8 Å². The van der Waals surface area contributed by atoms with E-state index in [9.17, 15) is 30.4 Å². The van der Waals surface area contributed by atoms with Crippen LogP contribution < -0.4 is 31.4 Å². The van der Waals surface area contributed by atoms with Crippen molar-refractivity contribution in [3.63, 3.8) is 0 Å². The van der Waals surface area contributed by atoms with Crippen molar-refractivity contribution in [1.82, 2.24) is 25.3 Å². The number of aliphatic hydroxyl groups is 1. The molecule has 208 valence electrons. The lowest BCUT2D eigenvalue weighted by molar-refractivity contribution is 0.259. The smallest absolute Gasteiger partial charge is 0.242 e. The lowest BCUT2D eigenvalue weighted by Crippen LogP contribution is -2.60. The Bertz CT molecular complexity index is 1420. The molecule has 17 nitrogen and oxygen atoms in total. The first-order valence-corrected chi connectivity index (χ1v) is 15.6. The minimum atomic E-state index is -4.84. The number of sulfonamides is 3. The number of primary sulfonamides is 2. The normalized spacial score (nSPS) is 20.2. The van der Waals surface area contributed by atoms with Gasteiger partial charge in [0.1, 0.15) is 9.79 Å². The zero-order valence-corrected chi connectivity index (χ0v) is 22.1. The first kappa shape index (κ1) is 29.3. The highest BCUT2D eigenvalue weighted by molar-refractivity contribution is 7.92. The van der Waals surface area contributed by atoms with E-state index in [0.717, 1.165) is 6.07 Å². The van der Waals surface area contributed by atoms with E-state index < -0.39 is 62.9 Å². The topological polar surface area (TPSA) is 296 Å². The monoisotopic (exact) mass is 582 g/mol. The Morgan fingerprint density at radius 3 is 2.35 bits per heavy atom. The number of piperidine rings is 1. The maximum atomic E-state index is 13.2. The van der Waals surface area contributed by atoms with Crippen molar-refractivity contribution in [2.75, 3.05) is 31.1 Å². The number of aliphatic hydroxyl groups excluding tert-OH is 1. The van der Waals surface area contributed by atoms with Crippen LogP contribution in [0.1, 0.15) is 25.7 Å². The van der Waals surface area contributed by atoms with E-state index in [1.165, 1.54) is 11.0 Å². The van der Waals surface area contributed by atoms with Gasteiger partial charge in [0.2, 0.25) is 35.9 Å². The zero-order chi connectivity index (χ0) is 27.6. The largest absolute Gasteiger partial charge is 0.395 e. The molecule has 1 aliphatic rings. The molecule has 1 saturated heterocycles. The molecule has 1 unspecified atom stereocenters. The van der Waals surface area contributed by atoms with Crippen molar-refractivity contribution >= 4 is 35.8 Å². The fourth-order valence-electron chi connectivity index (χ4n) is 4.47. The molecule has 0 radical (unpaired) electrons. The van der Waals surface area contributed by atoms with E-state index in [-0.39, 0.29) is 44.0 Å². The minimum Gasteiger partial charge on any atom is -0.395 e. The van der Waals surface area contributed by atoms with E-state index in [4.69, 9.17) is 21.7 Å². The van der Waals surface area contributed by atoms with Gasteiger partial charge >= 0.3 is 0 Å². The Balaban J connectivity index is 2.44. The Hall–Kier alpha value is -2.30. The van der Waals surface area contributed by atoms with Crippen LogP contribution in [0.4, 0.5) is 5.69 Å². The number of nitrogens with two attached hydrogens (primary N) is 4. The van der Waals surface area contributed by atoms with Gasteiger partial charge in [0.05, 0.1) is 23.9 Å². The van der Waals surface area contributed by atoms with Crippen LogP contribution in [0, 0.1) is 0 Å². The summed E-state index contributed by atoms with van der Waals surface area (Å²) in [7, 11) is -13.8. The van der Waals surface area contributed by atoms with Gasteiger partial charge in [0, 0.05) is 13.1 Å². The van der Waals surface area contributed by atoms with Gasteiger partial charge in [-0.1, -0.05) is 0 Å². The fourth-order valence-corrected chi connectivity index (χ4v) is 8.64. The average Bonchev–Trinajstić information content (AvgIpc) is 3.35. The molecule has 1 aromatic carbocycles. The first-order chi connectivity index (χ1) is 17.2. The zero-order valence-electron chi connectivity index (χ0n) is 19.6. The SMILES string of the molecule is NCC[C@@]1(S(N)(=O)=O)CCCCN1c1ccc(S(=O)(=O)NC(CN)CO)c(S(N)(=O)=O)c1-c1nn[nH]n1. The second-order valence-electron chi connectivity index (χ2n) is 8.44. The van der Waals surface area contributed by atoms with Crippen molar-refractivity contribution < 1.29 is 30.4 Å². The Morgan fingerprint density at radius 2 is 1.84 bits per heavy atom. The maximum absolute atomic E-state index is 13.2. The molecular formula is C17H30N10O7S3. The summed E-state index contributed by atoms with van der Waals surface area (Å²) in [6, 6.07) is 1.04. The number of aromatic amines is 1. The van der Waals surface area contributed by atoms with E-state index in [1.54, 1.807) is 0 Å². The van der Waals surface area contributed by atoms with E-state index >= 15 is 0 Å². The first-order valence-electron chi connectivity index (χ1n) is 11.0. The Kier molecular flexibility index (Phi) is 8.56. The van der Waals surface area contributed by atoms with Crippen LogP contribution >= 0.6 is 0 Å². The summed E-state index contributed by atoms with van der Waals surface area (Å²) in [6.07, 6.45) is 0.979. The molecule has 2 aromatic rings. The van der Waals surface area contributed by atoms with Gasteiger partial charge in [-0.25, -0.2) is 40.3 Å². The second-order valence-corrected chi connectivity index (χ2v) is 13.5. The van der Waals surface area contributed by atoms with E-state index in [2.05, 4.69) is 25.3 Å². The number of hydrogen-bond donors (Lipinski definition) is 7. The van der Waals surface area contributed by atoms with Crippen LogP contribution in [0.5, 0.6) is 0 Å². The highest BCUT2D eigenvalue weighted by atomic mass is 32.2. The van der Waals surface area contributed by atoms with Gasteiger partial charge in [-0.15, -0.1) is 10.2 Å². The Labute approximate surface area is 214 Å². The molecular weight excluding hydrogens is 552 g/mol. The highest BCUT2D eigenvalue weighted by Gasteiger charge is 2.49. The van der Waals surface area contributed by atoms with Gasteiger partial charge < -0.3 is 21.5 Å². The molecule has 0 aliphatic carbocycles. The summed E-state index contributed by atoms with van der Waals surface area (Å²) in [5, 5.41) is 33.8. The summed E-state index contributed by atoms with van der Waals surface area (Å²) in [4.78, 5) is -2.05. The number of tetrazole rings is 1. The van der Waals surface area contributed by atoms with Gasteiger partial charge in [0.25, 0.3) is 0 Å². The molecule has 20 heteroatoms. The van der Waals surface area contributed by atoms with Gasteiger partial charge in [-0.05, 0) is 49.6 Å². The van der Waals surface area contributed by atoms with Crippen molar-refractivity contribution in [1.29, 1.82) is 0 Å². The second kappa shape index (κ2) is 10.8. The molecule has 2 atom stereocenters. The summed E-state index contributed by atoms with van der Waals surface area (Å²) < 4.78 is 80.2. The molecule has 2 heterocycles. The molecule has 37 heavy (non-hydrogen) atoms. The third-order valence-electron chi connectivity index (χ3n) is 6.12. The van der Waals surface area contributed by atoms with Crippen LogP contribution in [0.3, 0.4) is 0 Å². The summed E-state index contributed by atoms with van der Waals surface area (Å²) in [5.41, 5.74) is 10.8. The van der Waals surface area contributed by atoms with Gasteiger partial charge in [-0.3, -0.25) is 0 Å². The average molecular weight is 583 g/mol. The molecule has 11 N–H and O–H groups in total. The number of benzene rings is 1. The van der Waals surface area contributed by atoms with Crippen molar-refractivity contribution in [2.45, 2.75) is 46.4 Å². The summed E-state index contributed by atoms with van der Waals surface area (Å²) in [5.74, 6) is -0.366.